The van der Waals surface area contributed by atoms with Crippen molar-refractivity contribution in [2.45, 2.75) is 33.1 Å². The number of hydrogen-bond acceptors (Lipinski definition) is 3. The molecule has 2 atom stereocenters. The van der Waals surface area contributed by atoms with Gasteiger partial charge in [0.1, 0.15) is 11.5 Å². The Morgan fingerprint density at radius 2 is 1.91 bits per heavy atom. The molecule has 2 unspecified atom stereocenters. The molecule has 0 saturated heterocycles. The Kier molecular flexibility index (Phi) is 3.76. The Hall–Kier alpha value is -1.46. The molecule has 0 amide bonds. The van der Waals surface area contributed by atoms with E-state index in [-0.39, 0.29) is 17.1 Å². The summed E-state index contributed by atoms with van der Waals surface area (Å²) in [6.45, 7) is 4.07. The summed E-state index contributed by atoms with van der Waals surface area (Å²) in [6.07, 6.45) is 3.75. The van der Waals surface area contributed by atoms with Crippen LogP contribution >= 0.6 is 0 Å². The van der Waals surface area contributed by atoms with Crippen molar-refractivity contribution in [1.29, 1.82) is 0 Å². The van der Waals surface area contributed by atoms with Crippen molar-refractivity contribution < 1.29 is 17.8 Å². The molecule has 0 aliphatic heterocycles. The van der Waals surface area contributed by atoms with Gasteiger partial charge < -0.3 is 0 Å². The Balaban J connectivity index is 2.16. The lowest BCUT2D eigenvalue weighted by Gasteiger charge is -2.38. The maximum atomic E-state index is 12.8. The minimum Gasteiger partial charge on any atom is -0.299 e. The van der Waals surface area contributed by atoms with Gasteiger partial charge in [-0.3, -0.25) is 9.35 Å². The maximum absolute atomic E-state index is 12.8. The molecule has 5 heteroatoms. The van der Waals surface area contributed by atoms with E-state index >= 15 is 0 Å². The monoisotopic (exact) mass is 333 g/mol. The van der Waals surface area contributed by atoms with Gasteiger partial charge >= 0.3 is 0 Å². The van der Waals surface area contributed by atoms with Crippen molar-refractivity contribution in [3.8, 4) is 0 Å². The van der Waals surface area contributed by atoms with E-state index in [9.17, 15) is 17.8 Å². The summed E-state index contributed by atoms with van der Waals surface area (Å²) in [5.41, 5.74) is 0.0757. The molecule has 0 heterocycles. The second-order valence-corrected chi connectivity index (χ2v) is 8.40. The third-order valence-electron chi connectivity index (χ3n) is 5.79. The van der Waals surface area contributed by atoms with Gasteiger partial charge in [0.25, 0.3) is 10.1 Å². The van der Waals surface area contributed by atoms with Crippen LogP contribution in [-0.4, -0.2) is 18.8 Å². The predicted octanol–water partition coefficient (Wildman–Crippen LogP) is 3.51. The number of ketones is 1. The van der Waals surface area contributed by atoms with E-state index in [1.807, 2.05) is 44.2 Å². The first-order valence-electron chi connectivity index (χ1n) is 7.79. The van der Waals surface area contributed by atoms with Crippen LogP contribution in [-0.2, 0) is 14.9 Å². The lowest BCUT2D eigenvalue weighted by atomic mass is 9.64. The van der Waals surface area contributed by atoms with Gasteiger partial charge in [-0.25, -0.2) is 0 Å². The molecule has 2 aliphatic carbocycles. The minimum absolute atomic E-state index is 0.0841. The number of hydrogen-bond donors (Lipinski definition) is 1. The van der Waals surface area contributed by atoms with Gasteiger partial charge in [-0.05, 0) is 35.3 Å². The highest BCUT2D eigenvalue weighted by atomic mass is 32.2. The summed E-state index contributed by atoms with van der Waals surface area (Å²) in [5.74, 6) is 1.22. The van der Waals surface area contributed by atoms with Crippen LogP contribution < -0.4 is 0 Å². The number of carbonyl (C=O) groups excluding carboxylic acids is 1. The Labute approximate surface area is 137 Å². The van der Waals surface area contributed by atoms with Crippen LogP contribution in [0, 0.1) is 22.5 Å². The summed E-state index contributed by atoms with van der Waals surface area (Å²) in [7, 11) is -4.33. The molecule has 2 fully saturated rings. The van der Waals surface area contributed by atoms with Crippen LogP contribution in [0.3, 0.4) is 0 Å². The lowest BCUT2D eigenvalue weighted by Crippen LogP contribution is -2.38. The van der Waals surface area contributed by atoms with Crippen molar-refractivity contribution >= 4 is 22.0 Å². The summed E-state index contributed by atoms with van der Waals surface area (Å²) in [4.78, 5) is 12.8. The zero-order valence-corrected chi connectivity index (χ0v) is 14.1. The van der Waals surface area contributed by atoms with Crippen LogP contribution in [0.2, 0.25) is 0 Å². The number of benzene rings is 1. The highest BCUT2D eigenvalue weighted by Gasteiger charge is 2.65. The van der Waals surface area contributed by atoms with Crippen LogP contribution in [0.15, 0.2) is 35.9 Å². The van der Waals surface area contributed by atoms with Gasteiger partial charge in [0, 0.05) is 6.42 Å². The zero-order chi connectivity index (χ0) is 16.9. The van der Waals surface area contributed by atoms with Crippen molar-refractivity contribution in [3.05, 3.63) is 47.2 Å². The minimum atomic E-state index is -4.33. The highest BCUT2D eigenvalue weighted by Crippen LogP contribution is 2.67. The first-order chi connectivity index (χ1) is 10.7. The summed E-state index contributed by atoms with van der Waals surface area (Å²) in [6, 6.07) is 9.29. The molecule has 4 nitrogen and oxygen atoms in total. The van der Waals surface area contributed by atoms with Crippen LogP contribution in [0.4, 0.5) is 0 Å². The fraction of sp³-hybridized carbons (Fsp3) is 0.444. The average molecular weight is 333 g/mol. The topological polar surface area (TPSA) is 71.4 Å². The summed E-state index contributed by atoms with van der Waals surface area (Å²) < 4.78 is 32.4. The molecule has 1 radical (unpaired) electrons. The fourth-order valence-corrected chi connectivity index (χ4v) is 5.09. The van der Waals surface area contributed by atoms with Gasteiger partial charge in [-0.2, -0.15) is 8.42 Å². The van der Waals surface area contributed by atoms with E-state index in [1.165, 1.54) is 0 Å². The fourth-order valence-electron chi connectivity index (χ4n) is 4.50. The summed E-state index contributed by atoms with van der Waals surface area (Å²) in [5, 5.41) is 0. The molecule has 1 aromatic carbocycles. The zero-order valence-electron chi connectivity index (χ0n) is 13.3. The van der Waals surface area contributed by atoms with Crippen molar-refractivity contribution in [1.82, 2.24) is 0 Å². The molecular formula is C18H21O4S. The first kappa shape index (κ1) is 16.4. The SMILES string of the molecule is CC1(C)C2CCC1(C([CH]S(=O)(=O)O)=Cc1ccccc1)C(=O)C2. The third kappa shape index (κ3) is 2.56. The average Bonchev–Trinajstić information content (AvgIpc) is 2.81. The predicted molar refractivity (Wildman–Crippen MR) is 88.8 cm³/mol. The molecule has 123 valence electrons. The molecule has 3 rings (SSSR count). The largest absolute Gasteiger partial charge is 0.299 e. The van der Waals surface area contributed by atoms with Crippen LogP contribution in [0.5, 0.6) is 0 Å². The molecule has 1 aromatic rings. The van der Waals surface area contributed by atoms with Crippen LogP contribution in [0.1, 0.15) is 38.7 Å². The lowest BCUT2D eigenvalue weighted by molar-refractivity contribution is -0.126. The third-order valence-corrected chi connectivity index (χ3v) is 6.34. The van der Waals surface area contributed by atoms with E-state index in [1.54, 1.807) is 6.08 Å². The first-order valence-corrected chi connectivity index (χ1v) is 9.30. The molecule has 1 N–H and O–H groups in total. The van der Waals surface area contributed by atoms with E-state index in [4.69, 9.17) is 0 Å². The normalized spacial score (nSPS) is 30.0. The Morgan fingerprint density at radius 3 is 2.39 bits per heavy atom. The molecule has 0 spiro atoms. The van der Waals surface area contributed by atoms with Gasteiger partial charge in [0.05, 0.1) is 5.41 Å². The Bertz CT molecular complexity index is 761. The summed E-state index contributed by atoms with van der Waals surface area (Å²) >= 11 is 0. The number of fused-ring (bicyclic) bond motifs is 2. The molecule has 2 saturated carbocycles. The quantitative estimate of drug-likeness (QED) is 0.856. The van der Waals surface area contributed by atoms with Gasteiger partial charge in [0.2, 0.25) is 0 Å². The molecule has 23 heavy (non-hydrogen) atoms. The second kappa shape index (κ2) is 5.28. The number of Topliss-reactive ketones (excluding diaryl/α,β-unsaturated/α-hetero) is 1. The number of carbonyl (C=O) groups is 1. The molecule has 0 aromatic heterocycles. The Morgan fingerprint density at radius 1 is 1.26 bits per heavy atom. The van der Waals surface area contributed by atoms with Crippen LogP contribution in [0.25, 0.3) is 6.08 Å². The smallest absolute Gasteiger partial charge is 0.273 e. The molecule has 2 bridgehead atoms. The van der Waals surface area contributed by atoms with E-state index in [0.717, 1.165) is 17.7 Å². The van der Waals surface area contributed by atoms with Crippen molar-refractivity contribution in [2.75, 3.05) is 0 Å². The van der Waals surface area contributed by atoms with Gasteiger partial charge in [-0.1, -0.05) is 50.3 Å². The van der Waals surface area contributed by atoms with Crippen molar-refractivity contribution in [3.63, 3.8) is 0 Å². The standard InChI is InChI=1S/C18H21O4S/c1-17(2)14-8-9-18(17,16(19)11-14)15(12-23(20,21)22)10-13-6-4-3-5-7-13/h3-7,10,12,14H,8-9,11H2,1-2H3,(H,20,21,22). The van der Waals surface area contributed by atoms with Gasteiger partial charge in [-0.15, -0.1) is 0 Å². The van der Waals surface area contributed by atoms with Gasteiger partial charge in [0.15, 0.2) is 0 Å². The van der Waals surface area contributed by atoms with Crippen molar-refractivity contribution in [2.24, 2.45) is 16.7 Å². The second-order valence-electron chi connectivity index (χ2n) is 7.13. The van der Waals surface area contributed by atoms with E-state index < -0.39 is 15.5 Å². The maximum Gasteiger partial charge on any atom is 0.273 e. The molecular weight excluding hydrogens is 312 g/mol. The van der Waals surface area contributed by atoms with E-state index in [0.29, 0.717) is 18.4 Å². The molecule has 2 aliphatic rings. The highest BCUT2D eigenvalue weighted by molar-refractivity contribution is 7.88. The van der Waals surface area contributed by atoms with E-state index in [2.05, 4.69) is 0 Å². The number of rotatable bonds is 4.